The zero-order valence-electron chi connectivity index (χ0n) is 24.7. The predicted octanol–water partition coefficient (Wildman–Crippen LogP) is 9.94. The fraction of sp³-hybridized carbons (Fsp3) is 0. The third-order valence-electron chi connectivity index (χ3n) is 8.49. The van der Waals surface area contributed by atoms with Gasteiger partial charge in [-0.2, -0.15) is 0 Å². The Labute approximate surface area is 264 Å². The molecule has 0 aliphatic rings. The molecule has 4 heterocycles. The van der Waals surface area contributed by atoms with Gasteiger partial charge < -0.3 is 0 Å². The standard InChI is InChI=1S/C41H25N5/c1-2-9-29-24-32(18-15-26(29)8-1)41-45-35-13-4-3-12-33(35)38(46-41)31-11-7-10-30(25-31)34-21-19-27-16-17-28-20-22-37(36-14-5-6-23-42-36)44-40(28)39(27)43-34/h1-25H. The van der Waals surface area contributed by atoms with E-state index in [1.165, 1.54) is 5.39 Å². The first-order valence-corrected chi connectivity index (χ1v) is 15.3. The number of rotatable bonds is 4. The molecular formula is C41H25N5. The summed E-state index contributed by atoms with van der Waals surface area (Å²) in [5, 5.41) is 5.45. The van der Waals surface area contributed by atoms with Gasteiger partial charge in [-0.15, -0.1) is 0 Å². The molecule has 46 heavy (non-hydrogen) atoms. The maximum Gasteiger partial charge on any atom is 0.160 e. The van der Waals surface area contributed by atoms with Gasteiger partial charge in [0.05, 0.1) is 39.3 Å². The van der Waals surface area contributed by atoms with Crippen molar-refractivity contribution in [3.63, 3.8) is 0 Å². The molecule has 0 saturated carbocycles. The molecule has 0 fully saturated rings. The number of hydrogen-bond donors (Lipinski definition) is 0. The molecule has 0 unspecified atom stereocenters. The Morgan fingerprint density at radius 1 is 0.370 bits per heavy atom. The summed E-state index contributed by atoms with van der Waals surface area (Å²) in [7, 11) is 0. The topological polar surface area (TPSA) is 64.5 Å². The molecule has 9 rings (SSSR count). The lowest BCUT2D eigenvalue weighted by Gasteiger charge is -2.12. The highest BCUT2D eigenvalue weighted by atomic mass is 14.9. The van der Waals surface area contributed by atoms with E-state index >= 15 is 0 Å². The number of hydrogen-bond acceptors (Lipinski definition) is 5. The van der Waals surface area contributed by atoms with Crippen LogP contribution in [0.2, 0.25) is 0 Å². The van der Waals surface area contributed by atoms with Crippen molar-refractivity contribution in [1.29, 1.82) is 0 Å². The molecule has 0 aliphatic carbocycles. The van der Waals surface area contributed by atoms with E-state index in [1.807, 2.05) is 36.4 Å². The number of benzene rings is 5. The minimum Gasteiger partial charge on any atom is -0.255 e. The molecule has 4 aromatic heterocycles. The van der Waals surface area contributed by atoms with E-state index < -0.39 is 0 Å². The first-order chi connectivity index (χ1) is 22.8. The zero-order valence-corrected chi connectivity index (χ0v) is 24.7. The van der Waals surface area contributed by atoms with Crippen LogP contribution in [-0.2, 0) is 0 Å². The Bertz CT molecular complexity index is 2600. The van der Waals surface area contributed by atoms with Gasteiger partial charge in [-0.1, -0.05) is 103 Å². The van der Waals surface area contributed by atoms with Gasteiger partial charge in [-0.3, -0.25) is 4.98 Å². The molecule has 0 spiro atoms. The van der Waals surface area contributed by atoms with E-state index in [2.05, 4.69) is 114 Å². The molecule has 0 atom stereocenters. The van der Waals surface area contributed by atoms with Crippen molar-refractivity contribution < 1.29 is 0 Å². The second-order valence-electron chi connectivity index (χ2n) is 11.4. The highest BCUT2D eigenvalue weighted by Crippen LogP contribution is 2.33. The van der Waals surface area contributed by atoms with E-state index in [-0.39, 0.29) is 0 Å². The van der Waals surface area contributed by atoms with Gasteiger partial charge in [-0.05, 0) is 53.2 Å². The smallest absolute Gasteiger partial charge is 0.160 e. The largest absolute Gasteiger partial charge is 0.255 e. The van der Waals surface area contributed by atoms with Crippen molar-refractivity contribution in [3.8, 4) is 45.3 Å². The van der Waals surface area contributed by atoms with E-state index in [9.17, 15) is 0 Å². The average Bonchev–Trinajstić information content (AvgIpc) is 3.14. The van der Waals surface area contributed by atoms with Gasteiger partial charge >= 0.3 is 0 Å². The zero-order chi connectivity index (χ0) is 30.5. The second kappa shape index (κ2) is 10.7. The summed E-state index contributed by atoms with van der Waals surface area (Å²) in [5.74, 6) is 0.704. The summed E-state index contributed by atoms with van der Waals surface area (Å²) < 4.78 is 0. The third-order valence-corrected chi connectivity index (χ3v) is 8.49. The molecule has 9 aromatic rings. The molecule has 0 aliphatic heterocycles. The number of para-hydroxylation sites is 1. The summed E-state index contributed by atoms with van der Waals surface area (Å²) in [4.78, 5) is 24.9. The summed E-state index contributed by atoms with van der Waals surface area (Å²) in [6, 6.07) is 49.8. The van der Waals surface area contributed by atoms with Crippen LogP contribution in [0.5, 0.6) is 0 Å². The molecular weight excluding hydrogens is 562 g/mol. The highest BCUT2D eigenvalue weighted by molar-refractivity contribution is 6.04. The molecule has 0 amide bonds. The van der Waals surface area contributed by atoms with Crippen molar-refractivity contribution in [2.75, 3.05) is 0 Å². The number of aromatic nitrogens is 5. The van der Waals surface area contributed by atoms with Crippen LogP contribution < -0.4 is 0 Å². The molecule has 0 N–H and O–H groups in total. The van der Waals surface area contributed by atoms with Gasteiger partial charge in [0.2, 0.25) is 0 Å². The Balaban J connectivity index is 1.18. The minimum absolute atomic E-state index is 0.704. The van der Waals surface area contributed by atoms with Crippen LogP contribution in [0.15, 0.2) is 152 Å². The minimum atomic E-state index is 0.704. The van der Waals surface area contributed by atoms with Gasteiger partial charge in [0.15, 0.2) is 5.82 Å². The van der Waals surface area contributed by atoms with Crippen LogP contribution in [0.25, 0.3) is 88.8 Å². The van der Waals surface area contributed by atoms with Gasteiger partial charge in [0.25, 0.3) is 0 Å². The van der Waals surface area contributed by atoms with Crippen LogP contribution in [0.3, 0.4) is 0 Å². The molecule has 214 valence electrons. The molecule has 0 bridgehead atoms. The third kappa shape index (κ3) is 4.54. The van der Waals surface area contributed by atoms with Crippen LogP contribution >= 0.6 is 0 Å². The highest BCUT2D eigenvalue weighted by Gasteiger charge is 2.14. The van der Waals surface area contributed by atoms with Gasteiger partial charge in [0.1, 0.15) is 0 Å². The Morgan fingerprint density at radius 2 is 1.07 bits per heavy atom. The van der Waals surface area contributed by atoms with Gasteiger partial charge in [0, 0.05) is 39.0 Å². The Hall–Kier alpha value is -6.33. The number of fused-ring (bicyclic) bond motifs is 5. The summed E-state index contributed by atoms with van der Waals surface area (Å²) in [6.45, 7) is 0. The van der Waals surface area contributed by atoms with E-state index in [0.717, 1.165) is 77.6 Å². The number of nitrogens with zero attached hydrogens (tertiary/aromatic N) is 5. The lowest BCUT2D eigenvalue weighted by Crippen LogP contribution is -1.96. The SMILES string of the molecule is c1ccc(-c2ccc3ccc4ccc(-c5cccc(-c6nc(-c7ccc8ccccc8c7)nc7ccccc67)c5)nc4c3n2)nc1. The normalized spacial score (nSPS) is 11.5. The molecule has 0 saturated heterocycles. The summed E-state index contributed by atoms with van der Waals surface area (Å²) in [5.41, 5.74) is 9.07. The van der Waals surface area contributed by atoms with E-state index in [1.54, 1.807) is 6.20 Å². The van der Waals surface area contributed by atoms with Crippen LogP contribution in [0.1, 0.15) is 0 Å². The van der Waals surface area contributed by atoms with Crippen molar-refractivity contribution >= 4 is 43.5 Å². The fourth-order valence-electron chi connectivity index (χ4n) is 6.17. The molecule has 5 aromatic carbocycles. The monoisotopic (exact) mass is 587 g/mol. The predicted molar refractivity (Wildman–Crippen MR) is 187 cm³/mol. The molecule has 0 radical (unpaired) electrons. The average molecular weight is 588 g/mol. The second-order valence-corrected chi connectivity index (χ2v) is 11.4. The van der Waals surface area contributed by atoms with E-state index in [4.69, 9.17) is 19.9 Å². The quantitative estimate of drug-likeness (QED) is 0.192. The van der Waals surface area contributed by atoms with Crippen LogP contribution in [0, 0.1) is 0 Å². The van der Waals surface area contributed by atoms with Gasteiger partial charge in [-0.25, -0.2) is 19.9 Å². The summed E-state index contributed by atoms with van der Waals surface area (Å²) in [6.07, 6.45) is 1.79. The lowest BCUT2D eigenvalue weighted by atomic mass is 10.0. The fourth-order valence-corrected chi connectivity index (χ4v) is 6.17. The van der Waals surface area contributed by atoms with Crippen molar-refractivity contribution in [3.05, 3.63) is 152 Å². The lowest BCUT2D eigenvalue weighted by molar-refractivity contribution is 1.23. The first kappa shape index (κ1) is 26.1. The molecule has 5 heteroatoms. The molecule has 5 nitrogen and oxygen atoms in total. The maximum absolute atomic E-state index is 5.18. The first-order valence-electron chi connectivity index (χ1n) is 15.3. The van der Waals surface area contributed by atoms with Crippen molar-refractivity contribution in [1.82, 2.24) is 24.9 Å². The van der Waals surface area contributed by atoms with Crippen molar-refractivity contribution in [2.24, 2.45) is 0 Å². The number of pyridine rings is 3. The van der Waals surface area contributed by atoms with Crippen LogP contribution in [0.4, 0.5) is 0 Å². The Kier molecular flexibility index (Phi) is 6.06. The van der Waals surface area contributed by atoms with Crippen LogP contribution in [-0.4, -0.2) is 24.9 Å². The Morgan fingerprint density at radius 3 is 1.91 bits per heavy atom. The van der Waals surface area contributed by atoms with E-state index in [0.29, 0.717) is 5.82 Å². The maximum atomic E-state index is 5.18. The van der Waals surface area contributed by atoms with Crippen molar-refractivity contribution in [2.45, 2.75) is 0 Å². The summed E-state index contributed by atoms with van der Waals surface area (Å²) >= 11 is 0.